The van der Waals surface area contributed by atoms with E-state index < -0.39 is 0 Å². The van der Waals surface area contributed by atoms with E-state index in [1.165, 1.54) is 5.56 Å². The normalized spacial score (nSPS) is 12.0. The SMILES string of the molecule is CCC(=O)c1cc2cc(C(C)(C)CC)ccc2o1. The van der Waals surface area contributed by atoms with Gasteiger partial charge in [0.2, 0.25) is 0 Å². The standard InChI is InChI=1S/C16H20O2/c1-5-13(17)15-10-11-9-12(16(3,4)6-2)7-8-14(11)18-15/h7-10H,5-6H2,1-4H3. The third-order valence-electron chi connectivity index (χ3n) is 3.78. The first-order chi connectivity index (χ1) is 8.47. The lowest BCUT2D eigenvalue weighted by Crippen LogP contribution is -2.14. The average Bonchev–Trinajstić information content (AvgIpc) is 2.80. The van der Waals surface area contributed by atoms with Gasteiger partial charge in [0.25, 0.3) is 0 Å². The topological polar surface area (TPSA) is 30.2 Å². The van der Waals surface area contributed by atoms with Gasteiger partial charge >= 0.3 is 0 Å². The second kappa shape index (κ2) is 4.60. The van der Waals surface area contributed by atoms with E-state index in [0.29, 0.717) is 12.2 Å². The number of hydrogen-bond acceptors (Lipinski definition) is 2. The first-order valence-electron chi connectivity index (χ1n) is 6.55. The largest absolute Gasteiger partial charge is 0.453 e. The fourth-order valence-corrected chi connectivity index (χ4v) is 1.98. The Hall–Kier alpha value is -1.57. The zero-order valence-corrected chi connectivity index (χ0v) is 11.5. The van der Waals surface area contributed by atoms with Gasteiger partial charge in [-0.2, -0.15) is 0 Å². The van der Waals surface area contributed by atoms with Crippen LogP contribution in [0.15, 0.2) is 28.7 Å². The lowest BCUT2D eigenvalue weighted by atomic mass is 9.82. The van der Waals surface area contributed by atoms with E-state index in [2.05, 4.69) is 32.9 Å². The van der Waals surface area contributed by atoms with Gasteiger partial charge in [-0.25, -0.2) is 0 Å². The molecule has 1 heterocycles. The number of Topliss-reactive ketones (excluding diaryl/α,β-unsaturated/α-hetero) is 1. The molecule has 2 heteroatoms. The van der Waals surface area contributed by atoms with Crippen LogP contribution in [-0.4, -0.2) is 5.78 Å². The molecule has 0 radical (unpaired) electrons. The molecule has 2 aromatic rings. The molecule has 0 spiro atoms. The molecule has 0 unspecified atom stereocenters. The second-order valence-corrected chi connectivity index (χ2v) is 5.38. The van der Waals surface area contributed by atoms with Crippen molar-refractivity contribution in [2.75, 3.05) is 0 Å². The molecule has 0 aliphatic carbocycles. The van der Waals surface area contributed by atoms with Crippen molar-refractivity contribution in [2.45, 2.75) is 46.0 Å². The van der Waals surface area contributed by atoms with Crippen LogP contribution >= 0.6 is 0 Å². The van der Waals surface area contributed by atoms with Crippen molar-refractivity contribution in [3.63, 3.8) is 0 Å². The van der Waals surface area contributed by atoms with Crippen molar-refractivity contribution < 1.29 is 9.21 Å². The lowest BCUT2D eigenvalue weighted by Gasteiger charge is -2.23. The van der Waals surface area contributed by atoms with E-state index in [-0.39, 0.29) is 11.2 Å². The number of fused-ring (bicyclic) bond motifs is 1. The zero-order chi connectivity index (χ0) is 13.3. The van der Waals surface area contributed by atoms with Crippen LogP contribution in [0.2, 0.25) is 0 Å². The van der Waals surface area contributed by atoms with Crippen LogP contribution in [0.3, 0.4) is 0 Å². The molecule has 96 valence electrons. The third kappa shape index (κ3) is 2.20. The Morgan fingerprint density at radius 2 is 1.94 bits per heavy atom. The Kier molecular flexibility index (Phi) is 3.29. The van der Waals surface area contributed by atoms with E-state index in [4.69, 9.17) is 4.42 Å². The van der Waals surface area contributed by atoms with Gasteiger partial charge in [-0.05, 0) is 35.6 Å². The summed E-state index contributed by atoms with van der Waals surface area (Å²) < 4.78 is 5.57. The number of rotatable bonds is 4. The van der Waals surface area contributed by atoms with Gasteiger partial charge in [0.15, 0.2) is 11.5 Å². The first kappa shape index (κ1) is 12.9. The molecule has 18 heavy (non-hydrogen) atoms. The maximum absolute atomic E-state index is 11.6. The van der Waals surface area contributed by atoms with Crippen LogP contribution in [0.5, 0.6) is 0 Å². The van der Waals surface area contributed by atoms with Gasteiger partial charge in [0.1, 0.15) is 5.58 Å². The van der Waals surface area contributed by atoms with Gasteiger partial charge in [-0.15, -0.1) is 0 Å². The molecule has 0 atom stereocenters. The molecule has 1 aromatic heterocycles. The van der Waals surface area contributed by atoms with E-state index in [9.17, 15) is 4.79 Å². The van der Waals surface area contributed by atoms with Crippen molar-refractivity contribution in [2.24, 2.45) is 0 Å². The Morgan fingerprint density at radius 3 is 2.56 bits per heavy atom. The Bertz CT molecular complexity index is 576. The summed E-state index contributed by atoms with van der Waals surface area (Å²) in [4.78, 5) is 11.6. The van der Waals surface area contributed by atoms with Crippen molar-refractivity contribution in [3.05, 3.63) is 35.6 Å². The number of benzene rings is 1. The van der Waals surface area contributed by atoms with Gasteiger partial charge < -0.3 is 4.42 Å². The smallest absolute Gasteiger partial charge is 0.197 e. The molecule has 0 saturated carbocycles. The van der Waals surface area contributed by atoms with Crippen LogP contribution in [0.25, 0.3) is 11.0 Å². The van der Waals surface area contributed by atoms with Crippen molar-refractivity contribution in [1.82, 2.24) is 0 Å². The summed E-state index contributed by atoms with van der Waals surface area (Å²) in [6.45, 7) is 8.49. The van der Waals surface area contributed by atoms with Crippen LogP contribution in [0.4, 0.5) is 0 Å². The quantitative estimate of drug-likeness (QED) is 0.729. The van der Waals surface area contributed by atoms with Crippen molar-refractivity contribution >= 4 is 16.8 Å². The van der Waals surface area contributed by atoms with E-state index in [1.807, 2.05) is 19.1 Å². The maximum Gasteiger partial charge on any atom is 0.197 e. The molecule has 0 aliphatic rings. The highest BCUT2D eigenvalue weighted by atomic mass is 16.3. The predicted octanol–water partition coefficient (Wildman–Crippen LogP) is 4.71. The first-order valence-corrected chi connectivity index (χ1v) is 6.55. The number of ketones is 1. The van der Waals surface area contributed by atoms with Crippen LogP contribution < -0.4 is 0 Å². The van der Waals surface area contributed by atoms with Gasteiger partial charge in [0, 0.05) is 11.8 Å². The Balaban J connectivity index is 2.49. The fourth-order valence-electron chi connectivity index (χ4n) is 1.98. The molecular formula is C16H20O2. The van der Waals surface area contributed by atoms with Crippen LogP contribution in [-0.2, 0) is 5.41 Å². The molecule has 2 rings (SSSR count). The molecule has 2 nitrogen and oxygen atoms in total. The summed E-state index contributed by atoms with van der Waals surface area (Å²) in [5.41, 5.74) is 2.23. The maximum atomic E-state index is 11.6. The Morgan fingerprint density at radius 1 is 1.22 bits per heavy atom. The molecule has 1 aromatic carbocycles. The van der Waals surface area contributed by atoms with Gasteiger partial charge in [-0.1, -0.05) is 33.8 Å². The fraction of sp³-hybridized carbons (Fsp3) is 0.438. The lowest BCUT2D eigenvalue weighted by molar-refractivity contribution is 0.0963. The van der Waals surface area contributed by atoms with E-state index in [0.717, 1.165) is 17.4 Å². The van der Waals surface area contributed by atoms with E-state index in [1.54, 1.807) is 0 Å². The average molecular weight is 244 g/mol. The highest BCUT2D eigenvalue weighted by molar-refractivity contribution is 5.97. The molecular weight excluding hydrogens is 224 g/mol. The molecule has 0 saturated heterocycles. The van der Waals surface area contributed by atoms with Crippen molar-refractivity contribution in [1.29, 1.82) is 0 Å². The van der Waals surface area contributed by atoms with Crippen molar-refractivity contribution in [3.8, 4) is 0 Å². The molecule has 0 amide bonds. The number of hydrogen-bond donors (Lipinski definition) is 0. The van der Waals surface area contributed by atoms with Gasteiger partial charge in [0.05, 0.1) is 0 Å². The summed E-state index contributed by atoms with van der Waals surface area (Å²) in [7, 11) is 0. The zero-order valence-electron chi connectivity index (χ0n) is 11.5. The summed E-state index contributed by atoms with van der Waals surface area (Å²) in [5.74, 6) is 0.529. The number of carbonyl (C=O) groups is 1. The summed E-state index contributed by atoms with van der Waals surface area (Å²) >= 11 is 0. The Labute approximate surface area is 108 Å². The number of carbonyl (C=O) groups excluding carboxylic acids is 1. The predicted molar refractivity (Wildman–Crippen MR) is 74.2 cm³/mol. The highest BCUT2D eigenvalue weighted by Gasteiger charge is 2.19. The summed E-state index contributed by atoms with van der Waals surface area (Å²) in [5, 5.41) is 1.02. The minimum Gasteiger partial charge on any atom is -0.453 e. The molecule has 0 aliphatic heterocycles. The van der Waals surface area contributed by atoms with E-state index >= 15 is 0 Å². The summed E-state index contributed by atoms with van der Waals surface area (Å²) in [6, 6.07) is 8.05. The second-order valence-electron chi connectivity index (χ2n) is 5.38. The van der Waals surface area contributed by atoms with Crippen LogP contribution in [0.1, 0.15) is 56.7 Å². The van der Waals surface area contributed by atoms with Gasteiger partial charge in [-0.3, -0.25) is 4.79 Å². The molecule has 0 bridgehead atoms. The minimum atomic E-state index is 0.0579. The number of furan rings is 1. The third-order valence-corrected chi connectivity index (χ3v) is 3.78. The monoisotopic (exact) mass is 244 g/mol. The highest BCUT2D eigenvalue weighted by Crippen LogP contribution is 2.30. The van der Waals surface area contributed by atoms with Crippen LogP contribution in [0, 0.1) is 0 Å². The summed E-state index contributed by atoms with van der Waals surface area (Å²) in [6.07, 6.45) is 1.56. The molecule has 0 fully saturated rings. The minimum absolute atomic E-state index is 0.0579. The molecule has 0 N–H and O–H groups in total.